The van der Waals surface area contributed by atoms with Crippen molar-refractivity contribution in [2.45, 2.75) is 32.2 Å². The smallest absolute Gasteiger partial charge is 0.270 e. The molecule has 0 saturated carbocycles. The van der Waals surface area contributed by atoms with Crippen molar-refractivity contribution < 1.29 is 4.79 Å². The van der Waals surface area contributed by atoms with E-state index in [1.54, 1.807) is 0 Å². The Labute approximate surface area is 117 Å². The molecule has 1 aromatic carbocycles. The molecule has 1 amide bonds. The Morgan fingerprint density at radius 3 is 3.00 bits per heavy atom. The van der Waals surface area contributed by atoms with Gasteiger partial charge in [0.05, 0.1) is 0 Å². The summed E-state index contributed by atoms with van der Waals surface area (Å²) in [4.78, 5) is 17.7. The molecule has 19 heavy (non-hydrogen) atoms. The number of aromatic amines is 1. The van der Waals surface area contributed by atoms with Crippen LogP contribution in [0.2, 0.25) is 5.02 Å². The lowest BCUT2D eigenvalue weighted by Gasteiger charge is -2.33. The second-order valence-corrected chi connectivity index (χ2v) is 5.69. The second kappa shape index (κ2) is 4.89. The van der Waals surface area contributed by atoms with E-state index in [0.29, 0.717) is 16.8 Å². The van der Waals surface area contributed by atoms with Crippen molar-refractivity contribution >= 4 is 28.4 Å². The van der Waals surface area contributed by atoms with Gasteiger partial charge in [0, 0.05) is 28.5 Å². The van der Waals surface area contributed by atoms with E-state index in [0.717, 1.165) is 30.3 Å². The van der Waals surface area contributed by atoms with Gasteiger partial charge in [0.1, 0.15) is 5.69 Å². The van der Waals surface area contributed by atoms with Crippen LogP contribution >= 0.6 is 11.6 Å². The number of carbonyl (C=O) groups is 1. The molecule has 1 aromatic heterocycles. The maximum atomic E-state index is 12.5. The number of piperidine rings is 1. The predicted molar refractivity (Wildman–Crippen MR) is 77.7 cm³/mol. The van der Waals surface area contributed by atoms with Crippen molar-refractivity contribution in [1.29, 1.82) is 0 Å². The molecule has 100 valence electrons. The number of fused-ring (bicyclic) bond motifs is 1. The zero-order chi connectivity index (χ0) is 13.4. The summed E-state index contributed by atoms with van der Waals surface area (Å²) in [5.41, 5.74) is 1.61. The fraction of sp³-hybridized carbons (Fsp3) is 0.400. The fourth-order valence-electron chi connectivity index (χ4n) is 2.77. The van der Waals surface area contributed by atoms with Crippen LogP contribution in [0.1, 0.15) is 36.7 Å². The number of amides is 1. The van der Waals surface area contributed by atoms with Crippen LogP contribution in [0.25, 0.3) is 10.9 Å². The minimum atomic E-state index is 0.0968. The van der Waals surface area contributed by atoms with E-state index < -0.39 is 0 Å². The molecule has 3 rings (SSSR count). The molecule has 1 saturated heterocycles. The Balaban J connectivity index is 1.92. The van der Waals surface area contributed by atoms with E-state index in [-0.39, 0.29) is 5.91 Å². The molecule has 0 radical (unpaired) electrons. The van der Waals surface area contributed by atoms with E-state index in [1.165, 1.54) is 6.42 Å². The van der Waals surface area contributed by atoms with E-state index in [2.05, 4.69) is 11.9 Å². The molecule has 3 nitrogen and oxygen atoms in total. The molecule has 1 aliphatic rings. The van der Waals surface area contributed by atoms with Gasteiger partial charge in [-0.25, -0.2) is 0 Å². The van der Waals surface area contributed by atoms with Gasteiger partial charge in [-0.1, -0.05) is 11.6 Å². The van der Waals surface area contributed by atoms with Crippen molar-refractivity contribution in [2.75, 3.05) is 6.54 Å². The Hall–Kier alpha value is -1.48. The van der Waals surface area contributed by atoms with Gasteiger partial charge in [-0.15, -0.1) is 0 Å². The third kappa shape index (κ3) is 2.35. The molecule has 2 aromatic rings. The largest absolute Gasteiger partial charge is 0.351 e. The zero-order valence-electron chi connectivity index (χ0n) is 10.9. The van der Waals surface area contributed by atoms with E-state index in [1.807, 2.05) is 29.2 Å². The summed E-state index contributed by atoms with van der Waals surface area (Å²) in [5.74, 6) is 0.0968. The summed E-state index contributed by atoms with van der Waals surface area (Å²) in [6, 6.07) is 7.84. The van der Waals surface area contributed by atoms with Crippen LogP contribution in [-0.4, -0.2) is 28.4 Å². The number of benzene rings is 1. The number of likely N-dealkylation sites (tertiary alicyclic amines) is 1. The standard InChI is InChI=1S/C15H17ClN2O/c1-10-4-2-3-7-18(10)15(19)14-9-11-8-12(16)5-6-13(11)17-14/h5-6,8-10,17H,2-4,7H2,1H3/t10-/m0/s1. The summed E-state index contributed by atoms with van der Waals surface area (Å²) in [5, 5.41) is 1.68. The summed E-state index contributed by atoms with van der Waals surface area (Å²) in [6.45, 7) is 2.98. The number of hydrogen-bond donors (Lipinski definition) is 1. The summed E-state index contributed by atoms with van der Waals surface area (Å²) in [6.07, 6.45) is 3.41. The molecule has 0 spiro atoms. The summed E-state index contributed by atoms with van der Waals surface area (Å²) >= 11 is 5.97. The maximum Gasteiger partial charge on any atom is 0.270 e. The first-order chi connectivity index (χ1) is 9.15. The van der Waals surface area contributed by atoms with Crippen molar-refractivity contribution in [2.24, 2.45) is 0 Å². The molecular formula is C15H17ClN2O. The first kappa shape index (κ1) is 12.5. The molecule has 4 heteroatoms. The monoisotopic (exact) mass is 276 g/mol. The number of aromatic nitrogens is 1. The Kier molecular flexibility index (Phi) is 3.23. The van der Waals surface area contributed by atoms with Crippen LogP contribution in [0, 0.1) is 0 Å². The zero-order valence-corrected chi connectivity index (χ0v) is 11.7. The number of rotatable bonds is 1. The van der Waals surface area contributed by atoms with Gasteiger partial charge in [0.25, 0.3) is 5.91 Å². The van der Waals surface area contributed by atoms with E-state index in [9.17, 15) is 4.79 Å². The van der Waals surface area contributed by atoms with Gasteiger partial charge in [-0.3, -0.25) is 4.79 Å². The molecular weight excluding hydrogens is 260 g/mol. The summed E-state index contributed by atoms with van der Waals surface area (Å²) < 4.78 is 0. The minimum Gasteiger partial charge on any atom is -0.351 e. The lowest BCUT2D eigenvalue weighted by Crippen LogP contribution is -2.42. The molecule has 0 unspecified atom stereocenters. The van der Waals surface area contributed by atoms with Crippen molar-refractivity contribution in [1.82, 2.24) is 9.88 Å². The molecule has 0 bridgehead atoms. The van der Waals surface area contributed by atoms with Crippen molar-refractivity contribution in [3.8, 4) is 0 Å². The van der Waals surface area contributed by atoms with Crippen LogP contribution in [-0.2, 0) is 0 Å². The first-order valence-corrected chi connectivity index (χ1v) is 7.12. The van der Waals surface area contributed by atoms with Crippen LogP contribution in [0.3, 0.4) is 0 Å². The van der Waals surface area contributed by atoms with E-state index >= 15 is 0 Å². The average molecular weight is 277 g/mol. The molecule has 1 N–H and O–H groups in total. The molecule has 0 aliphatic carbocycles. The first-order valence-electron chi connectivity index (χ1n) is 6.74. The minimum absolute atomic E-state index is 0.0968. The highest BCUT2D eigenvalue weighted by Crippen LogP contribution is 2.23. The van der Waals surface area contributed by atoms with Gasteiger partial charge in [-0.2, -0.15) is 0 Å². The highest BCUT2D eigenvalue weighted by Gasteiger charge is 2.25. The fourth-order valence-corrected chi connectivity index (χ4v) is 2.95. The van der Waals surface area contributed by atoms with Crippen LogP contribution in [0.5, 0.6) is 0 Å². The quantitative estimate of drug-likeness (QED) is 0.844. The highest BCUT2D eigenvalue weighted by atomic mass is 35.5. The van der Waals surface area contributed by atoms with Gasteiger partial charge in [0.15, 0.2) is 0 Å². The van der Waals surface area contributed by atoms with E-state index in [4.69, 9.17) is 11.6 Å². The number of H-pyrrole nitrogens is 1. The Morgan fingerprint density at radius 1 is 1.37 bits per heavy atom. The predicted octanol–water partition coefficient (Wildman–Crippen LogP) is 3.84. The van der Waals surface area contributed by atoms with Crippen molar-refractivity contribution in [3.63, 3.8) is 0 Å². The molecule has 1 fully saturated rings. The SMILES string of the molecule is C[C@H]1CCCCN1C(=O)c1cc2cc(Cl)ccc2[nH]1. The highest BCUT2D eigenvalue weighted by molar-refractivity contribution is 6.31. The van der Waals surface area contributed by atoms with Crippen LogP contribution in [0.4, 0.5) is 0 Å². The van der Waals surface area contributed by atoms with Crippen LogP contribution < -0.4 is 0 Å². The van der Waals surface area contributed by atoms with Gasteiger partial charge < -0.3 is 9.88 Å². The number of hydrogen-bond acceptors (Lipinski definition) is 1. The molecule has 1 aliphatic heterocycles. The lowest BCUT2D eigenvalue weighted by atomic mass is 10.0. The van der Waals surface area contributed by atoms with Gasteiger partial charge in [0.2, 0.25) is 0 Å². The third-order valence-electron chi connectivity index (χ3n) is 3.88. The maximum absolute atomic E-state index is 12.5. The Bertz CT molecular complexity index is 620. The second-order valence-electron chi connectivity index (χ2n) is 5.26. The number of carbonyl (C=O) groups excluding carboxylic acids is 1. The lowest BCUT2D eigenvalue weighted by molar-refractivity contribution is 0.0630. The third-order valence-corrected chi connectivity index (χ3v) is 4.11. The number of halogens is 1. The number of nitrogens with zero attached hydrogens (tertiary/aromatic N) is 1. The molecule has 2 heterocycles. The van der Waals surface area contributed by atoms with Crippen molar-refractivity contribution in [3.05, 3.63) is 35.0 Å². The topological polar surface area (TPSA) is 36.1 Å². The molecule has 1 atom stereocenters. The van der Waals surface area contributed by atoms with Gasteiger partial charge >= 0.3 is 0 Å². The van der Waals surface area contributed by atoms with Crippen LogP contribution in [0.15, 0.2) is 24.3 Å². The van der Waals surface area contributed by atoms with Gasteiger partial charge in [-0.05, 0) is 50.5 Å². The average Bonchev–Trinajstić information content (AvgIpc) is 2.81. The normalized spacial score (nSPS) is 19.9. The summed E-state index contributed by atoms with van der Waals surface area (Å²) in [7, 11) is 0. The number of nitrogens with one attached hydrogen (secondary N) is 1. The Morgan fingerprint density at radius 2 is 2.21 bits per heavy atom.